The van der Waals surface area contributed by atoms with Crippen LogP contribution in [0, 0.1) is 0 Å². The third-order valence-electron chi connectivity index (χ3n) is 1.81. The van der Waals surface area contributed by atoms with Gasteiger partial charge in [-0.25, -0.2) is 0 Å². The average Bonchev–Trinajstić information content (AvgIpc) is 2.08. The van der Waals surface area contributed by atoms with E-state index >= 15 is 0 Å². The average molecular weight is 242 g/mol. The molecule has 0 heterocycles. The minimum Gasteiger partial charge on any atom is -0.398 e. The normalized spacial score (nSPS) is 12.5. The number of halogens is 1. The molecule has 1 unspecified atom stereocenters. The zero-order valence-corrected chi connectivity index (χ0v) is 9.01. The predicted molar refractivity (Wildman–Crippen MR) is 58.3 cm³/mol. The lowest BCUT2D eigenvalue weighted by Gasteiger charge is -2.13. The lowest BCUT2D eigenvalue weighted by atomic mass is 10.0. The fourth-order valence-corrected chi connectivity index (χ4v) is 1.43. The van der Waals surface area contributed by atoms with E-state index in [0.29, 0.717) is 16.8 Å². The number of anilines is 1. The van der Waals surface area contributed by atoms with Gasteiger partial charge in [-0.3, -0.25) is 0 Å². The van der Waals surface area contributed by atoms with Gasteiger partial charge in [-0.15, -0.1) is 0 Å². The molecule has 0 fully saturated rings. The van der Waals surface area contributed by atoms with E-state index in [1.54, 1.807) is 19.1 Å². The molecule has 0 bridgehead atoms. The molecule has 1 aromatic rings. The standard InChI is InChI=1S/C10H12BrNO/c1-6(2)10(13)8-5-7(11)3-4-9(8)12/h3-5,10,13H,1,12H2,2H3. The molecule has 0 aliphatic heterocycles. The highest BCUT2D eigenvalue weighted by Gasteiger charge is 2.11. The molecule has 1 aromatic carbocycles. The lowest BCUT2D eigenvalue weighted by molar-refractivity contribution is 0.217. The Kier molecular flexibility index (Phi) is 3.12. The van der Waals surface area contributed by atoms with Crippen molar-refractivity contribution >= 4 is 21.6 Å². The molecule has 0 saturated heterocycles. The summed E-state index contributed by atoms with van der Waals surface area (Å²) in [7, 11) is 0. The Morgan fingerprint density at radius 3 is 2.77 bits per heavy atom. The van der Waals surface area contributed by atoms with Crippen LogP contribution in [0.4, 0.5) is 5.69 Å². The van der Waals surface area contributed by atoms with Gasteiger partial charge >= 0.3 is 0 Å². The third kappa shape index (κ3) is 2.32. The van der Waals surface area contributed by atoms with Crippen LogP contribution in [0.1, 0.15) is 18.6 Å². The highest BCUT2D eigenvalue weighted by Crippen LogP contribution is 2.27. The summed E-state index contributed by atoms with van der Waals surface area (Å²) in [5, 5.41) is 9.70. The van der Waals surface area contributed by atoms with E-state index in [9.17, 15) is 5.11 Å². The van der Waals surface area contributed by atoms with Crippen molar-refractivity contribution in [1.29, 1.82) is 0 Å². The van der Waals surface area contributed by atoms with Gasteiger partial charge in [0.2, 0.25) is 0 Å². The Hall–Kier alpha value is -0.800. The fraction of sp³-hybridized carbons (Fsp3) is 0.200. The molecule has 0 radical (unpaired) electrons. The number of aliphatic hydroxyl groups excluding tert-OH is 1. The van der Waals surface area contributed by atoms with Gasteiger partial charge in [0.1, 0.15) is 6.10 Å². The molecule has 0 aliphatic rings. The minimum absolute atomic E-state index is 0.582. The molecule has 1 rings (SSSR count). The maximum Gasteiger partial charge on any atom is 0.102 e. The van der Waals surface area contributed by atoms with Gasteiger partial charge in [0.25, 0.3) is 0 Å². The molecule has 70 valence electrons. The monoisotopic (exact) mass is 241 g/mol. The van der Waals surface area contributed by atoms with Crippen LogP contribution in [-0.2, 0) is 0 Å². The van der Waals surface area contributed by atoms with Gasteiger partial charge in [-0.05, 0) is 30.7 Å². The summed E-state index contributed by atoms with van der Waals surface area (Å²) in [5.74, 6) is 0. The second-order valence-electron chi connectivity index (χ2n) is 3.02. The van der Waals surface area contributed by atoms with Crippen LogP contribution >= 0.6 is 15.9 Å². The van der Waals surface area contributed by atoms with Crippen LogP contribution in [0.5, 0.6) is 0 Å². The van der Waals surface area contributed by atoms with E-state index < -0.39 is 6.10 Å². The fourth-order valence-electron chi connectivity index (χ4n) is 1.05. The first-order chi connectivity index (χ1) is 6.02. The Morgan fingerprint density at radius 1 is 1.62 bits per heavy atom. The first-order valence-corrected chi connectivity index (χ1v) is 4.70. The van der Waals surface area contributed by atoms with Crippen LogP contribution in [-0.4, -0.2) is 5.11 Å². The molecule has 3 heteroatoms. The van der Waals surface area contributed by atoms with Crippen molar-refractivity contribution in [1.82, 2.24) is 0 Å². The maximum atomic E-state index is 9.70. The molecule has 0 aliphatic carbocycles. The maximum absolute atomic E-state index is 9.70. The quantitative estimate of drug-likeness (QED) is 0.618. The molecule has 0 spiro atoms. The van der Waals surface area contributed by atoms with E-state index in [4.69, 9.17) is 5.73 Å². The Balaban J connectivity index is 3.12. The first kappa shape index (κ1) is 10.3. The second kappa shape index (κ2) is 3.94. The van der Waals surface area contributed by atoms with Crippen molar-refractivity contribution < 1.29 is 5.11 Å². The van der Waals surface area contributed by atoms with E-state index in [2.05, 4.69) is 22.5 Å². The van der Waals surface area contributed by atoms with E-state index in [1.807, 2.05) is 6.07 Å². The molecule has 2 nitrogen and oxygen atoms in total. The van der Waals surface area contributed by atoms with Crippen molar-refractivity contribution in [3.63, 3.8) is 0 Å². The smallest absolute Gasteiger partial charge is 0.102 e. The SMILES string of the molecule is C=C(C)C(O)c1cc(Br)ccc1N. The van der Waals surface area contributed by atoms with E-state index in [-0.39, 0.29) is 0 Å². The number of benzene rings is 1. The molecule has 1 atom stereocenters. The number of nitrogens with two attached hydrogens (primary N) is 1. The summed E-state index contributed by atoms with van der Waals surface area (Å²) >= 11 is 3.32. The van der Waals surface area contributed by atoms with Crippen LogP contribution in [0.2, 0.25) is 0 Å². The number of hydrogen-bond donors (Lipinski definition) is 2. The number of nitrogen functional groups attached to an aromatic ring is 1. The second-order valence-corrected chi connectivity index (χ2v) is 3.94. The Bertz CT molecular complexity index is 336. The van der Waals surface area contributed by atoms with Crippen molar-refractivity contribution in [2.45, 2.75) is 13.0 Å². The van der Waals surface area contributed by atoms with Crippen molar-refractivity contribution in [2.75, 3.05) is 5.73 Å². The van der Waals surface area contributed by atoms with Crippen LogP contribution in [0.15, 0.2) is 34.8 Å². The van der Waals surface area contributed by atoms with Crippen molar-refractivity contribution in [2.24, 2.45) is 0 Å². The zero-order chi connectivity index (χ0) is 10.0. The summed E-state index contributed by atoms with van der Waals surface area (Å²) in [4.78, 5) is 0. The highest BCUT2D eigenvalue weighted by atomic mass is 79.9. The molecule has 3 N–H and O–H groups in total. The van der Waals surface area contributed by atoms with Crippen LogP contribution in [0.25, 0.3) is 0 Å². The summed E-state index contributed by atoms with van der Waals surface area (Å²) in [6, 6.07) is 5.39. The molecule has 0 saturated carbocycles. The van der Waals surface area contributed by atoms with Crippen LogP contribution in [0.3, 0.4) is 0 Å². The lowest BCUT2D eigenvalue weighted by Crippen LogP contribution is -2.02. The zero-order valence-electron chi connectivity index (χ0n) is 7.42. The molecular formula is C10H12BrNO. The largest absolute Gasteiger partial charge is 0.398 e. The number of aliphatic hydroxyl groups is 1. The van der Waals surface area contributed by atoms with Gasteiger partial charge in [0.15, 0.2) is 0 Å². The van der Waals surface area contributed by atoms with Gasteiger partial charge in [0, 0.05) is 15.7 Å². The Morgan fingerprint density at radius 2 is 2.23 bits per heavy atom. The third-order valence-corrected chi connectivity index (χ3v) is 2.30. The molecule has 0 aromatic heterocycles. The number of rotatable bonds is 2. The van der Waals surface area contributed by atoms with E-state index in [1.165, 1.54) is 0 Å². The highest BCUT2D eigenvalue weighted by molar-refractivity contribution is 9.10. The van der Waals surface area contributed by atoms with E-state index in [0.717, 1.165) is 4.47 Å². The van der Waals surface area contributed by atoms with Gasteiger partial charge in [0.05, 0.1) is 0 Å². The summed E-state index contributed by atoms with van der Waals surface area (Å²) in [5.41, 5.74) is 7.67. The summed E-state index contributed by atoms with van der Waals surface area (Å²) in [6.07, 6.45) is -0.683. The minimum atomic E-state index is -0.683. The molecule has 0 amide bonds. The van der Waals surface area contributed by atoms with Gasteiger partial charge in [-0.2, -0.15) is 0 Å². The first-order valence-electron chi connectivity index (χ1n) is 3.90. The molecule has 13 heavy (non-hydrogen) atoms. The van der Waals surface area contributed by atoms with Crippen molar-refractivity contribution in [3.8, 4) is 0 Å². The van der Waals surface area contributed by atoms with Crippen LogP contribution < -0.4 is 5.73 Å². The summed E-state index contributed by atoms with van der Waals surface area (Å²) in [6.45, 7) is 5.45. The predicted octanol–water partition coefficient (Wildman–Crippen LogP) is 2.64. The Labute approximate surface area is 86.2 Å². The van der Waals surface area contributed by atoms with Gasteiger partial charge in [-0.1, -0.05) is 22.5 Å². The van der Waals surface area contributed by atoms with Crippen molar-refractivity contribution in [3.05, 3.63) is 40.4 Å². The number of hydrogen-bond acceptors (Lipinski definition) is 2. The molecular weight excluding hydrogens is 230 g/mol. The van der Waals surface area contributed by atoms with Gasteiger partial charge < -0.3 is 10.8 Å². The summed E-state index contributed by atoms with van der Waals surface area (Å²) < 4.78 is 0.900. The topological polar surface area (TPSA) is 46.2 Å².